The maximum Gasteiger partial charge on any atom is 0.420 e. The zero-order valence-electron chi connectivity index (χ0n) is 8.37. The fourth-order valence-electron chi connectivity index (χ4n) is 1.49. The Labute approximate surface area is 93.6 Å². The number of carboxylic acids is 1. The molecule has 0 aliphatic carbocycles. The van der Waals surface area contributed by atoms with Crippen molar-refractivity contribution in [1.29, 1.82) is 0 Å². The molecule has 1 aromatic carbocycles. The van der Waals surface area contributed by atoms with Crippen molar-refractivity contribution in [3.63, 3.8) is 0 Å². The Morgan fingerprint density at radius 2 is 1.88 bits per heavy atom. The first-order valence-corrected chi connectivity index (χ1v) is 4.63. The molecule has 1 heterocycles. The van der Waals surface area contributed by atoms with Crippen molar-refractivity contribution in [2.24, 2.45) is 0 Å². The minimum atomic E-state index is -4.68. The molecule has 0 unspecified atom stereocenters. The van der Waals surface area contributed by atoms with E-state index >= 15 is 0 Å². The highest BCUT2D eigenvalue weighted by molar-refractivity contribution is 5.89. The lowest BCUT2D eigenvalue weighted by molar-refractivity contribution is -0.139. The van der Waals surface area contributed by atoms with Gasteiger partial charge >= 0.3 is 12.1 Å². The van der Waals surface area contributed by atoms with E-state index in [2.05, 4.69) is 0 Å². The van der Waals surface area contributed by atoms with Crippen LogP contribution in [0, 0.1) is 0 Å². The third-order valence-electron chi connectivity index (χ3n) is 2.19. The second kappa shape index (κ2) is 3.83. The molecule has 0 spiro atoms. The van der Waals surface area contributed by atoms with Crippen LogP contribution in [0.1, 0.15) is 15.9 Å². The molecular formula is C10H7F3O4. The van der Waals surface area contributed by atoms with E-state index in [0.29, 0.717) is 6.07 Å². The third-order valence-corrected chi connectivity index (χ3v) is 2.19. The maximum absolute atomic E-state index is 12.7. The number of aromatic carboxylic acids is 1. The van der Waals surface area contributed by atoms with E-state index in [1.807, 2.05) is 0 Å². The van der Waals surface area contributed by atoms with Crippen LogP contribution in [0.2, 0.25) is 0 Å². The van der Waals surface area contributed by atoms with Crippen LogP contribution in [0.25, 0.3) is 0 Å². The molecule has 0 atom stereocenters. The van der Waals surface area contributed by atoms with E-state index in [1.54, 1.807) is 0 Å². The van der Waals surface area contributed by atoms with Gasteiger partial charge in [-0.05, 0) is 12.1 Å². The zero-order valence-corrected chi connectivity index (χ0v) is 8.37. The lowest BCUT2D eigenvalue weighted by atomic mass is 10.1. The first kappa shape index (κ1) is 11.6. The fraction of sp³-hybridized carbons (Fsp3) is 0.300. The number of carboxylic acid groups (broad SMARTS) is 1. The van der Waals surface area contributed by atoms with E-state index in [1.165, 1.54) is 0 Å². The van der Waals surface area contributed by atoms with Crippen LogP contribution in [0.4, 0.5) is 13.2 Å². The van der Waals surface area contributed by atoms with E-state index in [-0.39, 0.29) is 19.0 Å². The lowest BCUT2D eigenvalue weighted by Gasteiger charge is -2.22. The average Bonchev–Trinajstić information content (AvgIpc) is 2.26. The van der Waals surface area contributed by atoms with E-state index in [0.717, 1.165) is 6.07 Å². The molecule has 0 saturated heterocycles. The fourth-order valence-corrected chi connectivity index (χ4v) is 1.49. The van der Waals surface area contributed by atoms with Gasteiger partial charge in [0.15, 0.2) is 11.5 Å². The van der Waals surface area contributed by atoms with Crippen molar-refractivity contribution >= 4 is 5.97 Å². The van der Waals surface area contributed by atoms with Crippen LogP contribution in [0.5, 0.6) is 11.5 Å². The SMILES string of the molecule is O=C(O)c1cc2c(c(C(F)(F)F)c1)OCCO2. The van der Waals surface area contributed by atoms with Crippen molar-refractivity contribution in [3.05, 3.63) is 23.3 Å². The molecule has 1 aliphatic heterocycles. The molecule has 17 heavy (non-hydrogen) atoms. The summed E-state index contributed by atoms with van der Waals surface area (Å²) in [7, 11) is 0. The van der Waals surface area contributed by atoms with Gasteiger partial charge in [-0.1, -0.05) is 0 Å². The smallest absolute Gasteiger partial charge is 0.420 e. The number of alkyl halides is 3. The maximum atomic E-state index is 12.7. The van der Waals surface area contributed by atoms with Gasteiger partial charge in [-0.3, -0.25) is 0 Å². The molecule has 0 fully saturated rings. The Kier molecular flexibility index (Phi) is 2.60. The highest BCUT2D eigenvalue weighted by atomic mass is 19.4. The van der Waals surface area contributed by atoms with Crippen molar-refractivity contribution < 1.29 is 32.5 Å². The van der Waals surface area contributed by atoms with Crippen LogP contribution in [-0.2, 0) is 6.18 Å². The molecule has 0 amide bonds. The largest absolute Gasteiger partial charge is 0.486 e. The molecule has 1 aliphatic rings. The van der Waals surface area contributed by atoms with E-state index in [4.69, 9.17) is 14.6 Å². The first-order chi connectivity index (χ1) is 7.89. The number of halogens is 3. The number of fused-ring (bicyclic) bond motifs is 1. The van der Waals surface area contributed by atoms with Gasteiger partial charge < -0.3 is 14.6 Å². The van der Waals surface area contributed by atoms with E-state index < -0.39 is 29.0 Å². The molecule has 92 valence electrons. The summed E-state index contributed by atoms with van der Waals surface area (Å²) in [5.41, 5.74) is -1.62. The Balaban J connectivity index is 2.62. The second-order valence-electron chi connectivity index (χ2n) is 3.35. The van der Waals surface area contributed by atoms with Gasteiger partial charge in [0, 0.05) is 0 Å². The van der Waals surface area contributed by atoms with Crippen LogP contribution in [0.3, 0.4) is 0 Å². The van der Waals surface area contributed by atoms with Crippen LogP contribution >= 0.6 is 0 Å². The van der Waals surface area contributed by atoms with Crippen molar-refractivity contribution in [1.82, 2.24) is 0 Å². The second-order valence-corrected chi connectivity index (χ2v) is 3.35. The van der Waals surface area contributed by atoms with Crippen molar-refractivity contribution in [2.45, 2.75) is 6.18 Å². The number of ether oxygens (including phenoxy) is 2. The Bertz CT molecular complexity index is 467. The first-order valence-electron chi connectivity index (χ1n) is 4.63. The topological polar surface area (TPSA) is 55.8 Å². The lowest BCUT2D eigenvalue weighted by Crippen LogP contribution is -2.20. The molecule has 2 rings (SSSR count). The van der Waals surface area contributed by atoms with Crippen LogP contribution in [-0.4, -0.2) is 24.3 Å². The molecule has 0 bridgehead atoms. The molecule has 0 saturated carbocycles. The average molecular weight is 248 g/mol. The number of carbonyl (C=O) groups is 1. The summed E-state index contributed by atoms with van der Waals surface area (Å²) >= 11 is 0. The highest BCUT2D eigenvalue weighted by Crippen LogP contribution is 2.43. The van der Waals surface area contributed by atoms with Gasteiger partial charge in [-0.15, -0.1) is 0 Å². The van der Waals surface area contributed by atoms with Crippen LogP contribution in [0.15, 0.2) is 12.1 Å². The van der Waals surface area contributed by atoms with Crippen molar-refractivity contribution in [3.8, 4) is 11.5 Å². The normalized spacial score (nSPS) is 14.5. The molecule has 1 N–H and O–H groups in total. The van der Waals surface area contributed by atoms with Gasteiger partial charge in [-0.25, -0.2) is 4.79 Å². The third kappa shape index (κ3) is 2.13. The summed E-state index contributed by atoms with van der Waals surface area (Å²) in [4.78, 5) is 10.7. The van der Waals surface area contributed by atoms with Crippen LogP contribution < -0.4 is 9.47 Å². The Morgan fingerprint density at radius 3 is 2.47 bits per heavy atom. The van der Waals surface area contributed by atoms with Gasteiger partial charge in [0.1, 0.15) is 18.8 Å². The summed E-state index contributed by atoms with van der Waals surface area (Å²) in [5, 5.41) is 8.71. The molecule has 0 radical (unpaired) electrons. The standard InChI is InChI=1S/C10H7F3O4/c11-10(12,13)6-3-5(9(14)15)4-7-8(6)17-2-1-16-7/h3-4H,1-2H2,(H,14,15). The summed E-state index contributed by atoms with van der Waals surface area (Å²) in [5.74, 6) is -2.09. The minimum Gasteiger partial charge on any atom is -0.486 e. The number of hydrogen-bond acceptors (Lipinski definition) is 3. The summed E-state index contributed by atoms with van der Waals surface area (Å²) in [6.07, 6.45) is -4.68. The quantitative estimate of drug-likeness (QED) is 0.827. The molecular weight excluding hydrogens is 241 g/mol. The number of rotatable bonds is 1. The summed E-state index contributed by atoms with van der Waals surface area (Å²) in [6, 6.07) is 1.56. The predicted octanol–water partition coefficient (Wildman–Crippen LogP) is 2.17. The molecule has 1 aromatic rings. The van der Waals surface area contributed by atoms with Gasteiger partial charge in [0.05, 0.1) is 5.56 Å². The molecule has 4 nitrogen and oxygen atoms in total. The Morgan fingerprint density at radius 1 is 1.24 bits per heavy atom. The van der Waals surface area contributed by atoms with Crippen molar-refractivity contribution in [2.75, 3.05) is 13.2 Å². The monoisotopic (exact) mass is 248 g/mol. The van der Waals surface area contributed by atoms with Gasteiger partial charge in [-0.2, -0.15) is 13.2 Å². The van der Waals surface area contributed by atoms with E-state index in [9.17, 15) is 18.0 Å². The minimum absolute atomic E-state index is 0.00248. The number of hydrogen-bond donors (Lipinski definition) is 1. The van der Waals surface area contributed by atoms with Gasteiger partial charge in [0.2, 0.25) is 0 Å². The number of benzene rings is 1. The van der Waals surface area contributed by atoms with Gasteiger partial charge in [0.25, 0.3) is 0 Å². The molecule has 7 heteroatoms. The Hall–Kier alpha value is -1.92. The predicted molar refractivity (Wildman–Crippen MR) is 49.4 cm³/mol. The highest BCUT2D eigenvalue weighted by Gasteiger charge is 2.38. The molecule has 0 aromatic heterocycles. The zero-order chi connectivity index (χ0) is 12.6. The summed E-state index contributed by atoms with van der Waals surface area (Å²) < 4.78 is 47.9. The summed E-state index contributed by atoms with van der Waals surface area (Å²) in [6.45, 7) is 0.0931.